The number of thioether (sulfide) groups is 1. The van der Waals surface area contributed by atoms with Gasteiger partial charge < -0.3 is 16.0 Å². The quantitative estimate of drug-likeness (QED) is 0.402. The van der Waals surface area contributed by atoms with Crippen molar-refractivity contribution in [3.63, 3.8) is 0 Å². The number of thiocarbonyl (C=S) groups is 1. The van der Waals surface area contributed by atoms with E-state index < -0.39 is 0 Å². The van der Waals surface area contributed by atoms with Gasteiger partial charge in [0.1, 0.15) is 0 Å². The summed E-state index contributed by atoms with van der Waals surface area (Å²) >= 11 is 12.6. The number of carbonyl (C=O) groups excluding carboxylic acids is 1. The summed E-state index contributed by atoms with van der Waals surface area (Å²) in [4.78, 5) is 12.6. The fourth-order valence-corrected chi connectivity index (χ4v) is 2.53. The normalized spacial score (nSPS) is 10.3. The number of hydrogen-bond donors (Lipinski definition) is 3. The fraction of sp³-hybridized carbons (Fsp3) is 0.429. The van der Waals surface area contributed by atoms with Crippen LogP contribution in [-0.2, 0) is 4.79 Å². The van der Waals surface area contributed by atoms with Crippen molar-refractivity contribution in [1.29, 1.82) is 0 Å². The Morgan fingerprint density at radius 3 is 2.57 bits per heavy atom. The highest BCUT2D eigenvalue weighted by Gasteiger charge is 2.03. The van der Waals surface area contributed by atoms with Gasteiger partial charge in [0.05, 0.1) is 6.54 Å². The molecule has 0 heterocycles. The van der Waals surface area contributed by atoms with Crippen LogP contribution in [0.5, 0.6) is 0 Å². The Hall–Kier alpha value is -0.980. The van der Waals surface area contributed by atoms with E-state index in [1.54, 1.807) is 11.8 Å². The first-order valence-electron chi connectivity index (χ1n) is 6.67. The highest BCUT2D eigenvalue weighted by Crippen LogP contribution is 2.19. The summed E-state index contributed by atoms with van der Waals surface area (Å²) in [5.74, 6) is 0.812. The first-order valence-corrected chi connectivity index (χ1v) is 8.44. The minimum Gasteiger partial charge on any atom is -0.362 e. The number of rotatable bonds is 7. The van der Waals surface area contributed by atoms with Gasteiger partial charge in [0, 0.05) is 28.3 Å². The lowest BCUT2D eigenvalue weighted by atomic mass is 10.4. The second-order valence-electron chi connectivity index (χ2n) is 4.63. The van der Waals surface area contributed by atoms with Crippen molar-refractivity contribution < 1.29 is 4.79 Å². The topological polar surface area (TPSA) is 53.2 Å². The van der Waals surface area contributed by atoms with Gasteiger partial charge in [0.15, 0.2) is 5.11 Å². The van der Waals surface area contributed by atoms with Crippen LogP contribution < -0.4 is 16.0 Å². The Balaban J connectivity index is 2.10. The Morgan fingerprint density at radius 1 is 1.29 bits per heavy atom. The van der Waals surface area contributed by atoms with E-state index in [0.29, 0.717) is 5.11 Å². The number of amides is 1. The zero-order valence-corrected chi connectivity index (χ0v) is 14.5. The molecule has 4 nitrogen and oxygen atoms in total. The van der Waals surface area contributed by atoms with Gasteiger partial charge in [0.25, 0.3) is 0 Å². The smallest absolute Gasteiger partial charge is 0.239 e. The van der Waals surface area contributed by atoms with Gasteiger partial charge in [-0.2, -0.15) is 0 Å². The Labute approximate surface area is 140 Å². The second kappa shape index (κ2) is 9.87. The summed E-state index contributed by atoms with van der Waals surface area (Å²) in [5.41, 5.74) is 0. The molecule has 0 saturated carbocycles. The van der Waals surface area contributed by atoms with E-state index in [2.05, 4.69) is 16.0 Å². The molecule has 0 aliphatic rings. The first kappa shape index (κ1) is 18.1. The third-order valence-electron chi connectivity index (χ3n) is 2.33. The maximum Gasteiger partial charge on any atom is 0.239 e. The molecule has 0 bridgehead atoms. The van der Waals surface area contributed by atoms with Crippen LogP contribution >= 0.6 is 35.6 Å². The maximum atomic E-state index is 11.4. The van der Waals surface area contributed by atoms with Gasteiger partial charge in [-0.05, 0) is 50.3 Å². The lowest BCUT2D eigenvalue weighted by Crippen LogP contribution is -2.43. The van der Waals surface area contributed by atoms with Crippen molar-refractivity contribution >= 4 is 46.6 Å². The van der Waals surface area contributed by atoms with Crippen LogP contribution in [0.1, 0.15) is 13.8 Å². The summed E-state index contributed by atoms with van der Waals surface area (Å²) in [7, 11) is 0. The number of benzene rings is 1. The Morgan fingerprint density at radius 2 is 1.95 bits per heavy atom. The van der Waals surface area contributed by atoms with E-state index in [1.165, 1.54) is 0 Å². The van der Waals surface area contributed by atoms with Crippen molar-refractivity contribution in [3.8, 4) is 0 Å². The third kappa shape index (κ3) is 8.80. The molecule has 21 heavy (non-hydrogen) atoms. The molecule has 116 valence electrons. The molecule has 3 N–H and O–H groups in total. The van der Waals surface area contributed by atoms with E-state index >= 15 is 0 Å². The van der Waals surface area contributed by atoms with Gasteiger partial charge in [-0.25, -0.2) is 0 Å². The predicted molar refractivity (Wildman–Crippen MR) is 94.1 cm³/mol. The number of nitrogens with one attached hydrogen (secondary N) is 3. The van der Waals surface area contributed by atoms with Crippen molar-refractivity contribution in [2.75, 3.05) is 18.8 Å². The number of carbonyl (C=O) groups is 1. The molecule has 1 amide bonds. The highest BCUT2D eigenvalue weighted by molar-refractivity contribution is 7.99. The van der Waals surface area contributed by atoms with Crippen LogP contribution in [0, 0.1) is 0 Å². The van der Waals surface area contributed by atoms with Crippen molar-refractivity contribution in [2.45, 2.75) is 24.8 Å². The molecule has 1 rings (SSSR count). The largest absolute Gasteiger partial charge is 0.362 e. The average molecular weight is 346 g/mol. The van der Waals surface area contributed by atoms with Gasteiger partial charge in [0.2, 0.25) is 5.91 Å². The summed E-state index contributed by atoms with van der Waals surface area (Å²) in [6.07, 6.45) is 0. The summed E-state index contributed by atoms with van der Waals surface area (Å²) in [6, 6.07) is 7.85. The van der Waals surface area contributed by atoms with Crippen molar-refractivity contribution in [2.24, 2.45) is 0 Å². The number of halogens is 1. The molecule has 0 spiro atoms. The molecule has 0 radical (unpaired) electrons. The summed E-state index contributed by atoms with van der Waals surface area (Å²) < 4.78 is 0. The lowest BCUT2D eigenvalue weighted by molar-refractivity contribution is -0.120. The summed E-state index contributed by atoms with van der Waals surface area (Å²) in [6.45, 7) is 4.75. The zero-order chi connectivity index (χ0) is 15.7. The number of hydrogen-bond acceptors (Lipinski definition) is 3. The Kier molecular flexibility index (Phi) is 8.49. The van der Waals surface area contributed by atoms with Crippen molar-refractivity contribution in [1.82, 2.24) is 16.0 Å². The standard InChI is InChI=1S/C14H20ClN3OS2/c1-10(2)18-13(19)9-17-14(20)16-7-8-21-12-5-3-11(15)4-6-12/h3-6,10H,7-9H2,1-2H3,(H,18,19)(H2,16,17,20). The molecule has 0 fully saturated rings. The first-order chi connectivity index (χ1) is 9.97. The molecular formula is C14H20ClN3OS2. The maximum absolute atomic E-state index is 11.4. The molecule has 0 aliphatic carbocycles. The fourth-order valence-electron chi connectivity index (χ4n) is 1.46. The van der Waals surface area contributed by atoms with E-state index in [-0.39, 0.29) is 18.5 Å². The van der Waals surface area contributed by atoms with Crippen LogP contribution in [0.3, 0.4) is 0 Å². The summed E-state index contributed by atoms with van der Waals surface area (Å²) in [5, 5.41) is 9.96. The van der Waals surface area contributed by atoms with E-state index in [0.717, 1.165) is 22.2 Å². The van der Waals surface area contributed by atoms with Crippen molar-refractivity contribution in [3.05, 3.63) is 29.3 Å². The minimum atomic E-state index is -0.0651. The van der Waals surface area contributed by atoms with Crippen LogP contribution in [0.15, 0.2) is 29.2 Å². The zero-order valence-electron chi connectivity index (χ0n) is 12.1. The lowest BCUT2D eigenvalue weighted by Gasteiger charge is -2.12. The van der Waals surface area contributed by atoms with Gasteiger partial charge in [-0.15, -0.1) is 11.8 Å². The molecule has 0 saturated heterocycles. The van der Waals surface area contributed by atoms with E-state index in [4.69, 9.17) is 23.8 Å². The van der Waals surface area contributed by atoms with Crippen LogP contribution in [0.4, 0.5) is 0 Å². The van der Waals surface area contributed by atoms with Crippen LogP contribution in [0.2, 0.25) is 5.02 Å². The molecular weight excluding hydrogens is 326 g/mol. The molecule has 0 unspecified atom stereocenters. The SMILES string of the molecule is CC(C)NC(=O)CNC(=S)NCCSc1ccc(Cl)cc1. The van der Waals surface area contributed by atoms with E-state index in [9.17, 15) is 4.79 Å². The third-order valence-corrected chi connectivity index (χ3v) is 3.88. The molecule has 0 aromatic heterocycles. The van der Waals surface area contributed by atoms with E-state index in [1.807, 2.05) is 38.1 Å². The monoisotopic (exact) mass is 345 g/mol. The average Bonchev–Trinajstić information content (AvgIpc) is 2.42. The van der Waals surface area contributed by atoms with Crippen LogP contribution in [0.25, 0.3) is 0 Å². The van der Waals surface area contributed by atoms with Crippen LogP contribution in [-0.4, -0.2) is 35.9 Å². The predicted octanol–water partition coefficient (Wildman–Crippen LogP) is 2.42. The Bertz CT molecular complexity index is 466. The molecule has 1 aromatic carbocycles. The molecule has 0 aliphatic heterocycles. The van der Waals surface area contributed by atoms with Gasteiger partial charge >= 0.3 is 0 Å². The highest BCUT2D eigenvalue weighted by atomic mass is 35.5. The van der Waals surface area contributed by atoms with Gasteiger partial charge in [-0.1, -0.05) is 11.6 Å². The minimum absolute atomic E-state index is 0.0651. The molecule has 7 heteroatoms. The molecule has 0 atom stereocenters. The van der Waals surface area contributed by atoms with Gasteiger partial charge in [-0.3, -0.25) is 4.79 Å². The molecule has 1 aromatic rings. The second-order valence-corrected chi connectivity index (χ2v) is 6.65.